The van der Waals surface area contributed by atoms with Crippen LogP contribution in [-0.4, -0.2) is 17.5 Å². The van der Waals surface area contributed by atoms with E-state index < -0.39 is 0 Å². The van der Waals surface area contributed by atoms with E-state index in [1.165, 1.54) is 18.5 Å². The molecule has 116 valence electrons. The summed E-state index contributed by atoms with van der Waals surface area (Å²) in [5.41, 5.74) is 4.26. The Hall–Kier alpha value is -1.46. The van der Waals surface area contributed by atoms with Gasteiger partial charge in [-0.1, -0.05) is 31.7 Å². The molecule has 0 amide bonds. The zero-order valence-corrected chi connectivity index (χ0v) is 14.0. The highest BCUT2D eigenvalue weighted by molar-refractivity contribution is 5.09. The second-order valence-corrected chi connectivity index (χ2v) is 6.25. The first kappa shape index (κ1) is 17.6. The standard InChI is InChI=1S/C20H31N/c1-7-10-12-16(4)14-17(5)21(13-11-8-2)18(6)20-15-19(20)9-3/h7,9,11,14,16,18-20H,1-3,10,12-13,15H2,4-6H3. The highest BCUT2D eigenvalue weighted by atomic mass is 15.2. The minimum absolute atomic E-state index is 0.542. The van der Waals surface area contributed by atoms with E-state index in [0.29, 0.717) is 17.9 Å². The maximum atomic E-state index is 3.93. The van der Waals surface area contributed by atoms with Crippen molar-refractivity contribution in [2.24, 2.45) is 17.8 Å². The van der Waals surface area contributed by atoms with E-state index in [-0.39, 0.29) is 0 Å². The van der Waals surface area contributed by atoms with E-state index in [2.05, 4.69) is 63.3 Å². The molecule has 0 heterocycles. The average Bonchev–Trinajstić information content (AvgIpc) is 3.24. The maximum Gasteiger partial charge on any atom is 0.0433 e. The van der Waals surface area contributed by atoms with E-state index >= 15 is 0 Å². The van der Waals surface area contributed by atoms with Crippen molar-refractivity contribution in [3.8, 4) is 0 Å². The maximum absolute atomic E-state index is 3.93. The second-order valence-electron chi connectivity index (χ2n) is 6.25. The minimum atomic E-state index is 0.542. The Bertz CT molecular complexity index is 425. The Kier molecular flexibility index (Phi) is 7.32. The monoisotopic (exact) mass is 285 g/mol. The largest absolute Gasteiger partial charge is 0.368 e. The zero-order chi connectivity index (χ0) is 15.8. The van der Waals surface area contributed by atoms with Crippen molar-refractivity contribution in [3.05, 3.63) is 55.5 Å². The van der Waals surface area contributed by atoms with Crippen LogP contribution in [0.4, 0.5) is 0 Å². The molecule has 0 spiro atoms. The summed E-state index contributed by atoms with van der Waals surface area (Å²) in [5, 5.41) is 0. The van der Waals surface area contributed by atoms with Crippen molar-refractivity contribution in [2.75, 3.05) is 6.54 Å². The molecule has 0 aromatic rings. The van der Waals surface area contributed by atoms with Crippen molar-refractivity contribution in [3.63, 3.8) is 0 Å². The number of nitrogens with zero attached hydrogens (tertiary/aromatic N) is 1. The first-order valence-corrected chi connectivity index (χ1v) is 8.07. The lowest BCUT2D eigenvalue weighted by atomic mass is 10.0. The average molecular weight is 285 g/mol. The van der Waals surface area contributed by atoms with E-state index in [4.69, 9.17) is 0 Å². The number of hydrogen-bond donors (Lipinski definition) is 0. The van der Waals surface area contributed by atoms with Crippen LogP contribution in [0.3, 0.4) is 0 Å². The Labute approximate surface area is 131 Å². The molecule has 4 unspecified atom stereocenters. The summed E-state index contributed by atoms with van der Waals surface area (Å²) in [5.74, 6) is 2.02. The fourth-order valence-corrected chi connectivity index (χ4v) is 3.06. The third-order valence-corrected chi connectivity index (χ3v) is 4.54. The molecule has 0 N–H and O–H groups in total. The highest BCUT2D eigenvalue weighted by Crippen LogP contribution is 2.44. The summed E-state index contributed by atoms with van der Waals surface area (Å²) < 4.78 is 0. The van der Waals surface area contributed by atoms with Crippen LogP contribution < -0.4 is 0 Å². The molecule has 0 bridgehead atoms. The van der Waals surface area contributed by atoms with Crippen molar-refractivity contribution < 1.29 is 0 Å². The second kappa shape index (κ2) is 8.74. The molecule has 1 fully saturated rings. The number of rotatable bonds is 10. The summed E-state index contributed by atoms with van der Waals surface area (Å²) in [7, 11) is 0. The van der Waals surface area contributed by atoms with Gasteiger partial charge in [-0.15, -0.1) is 18.9 Å². The molecule has 1 rings (SSSR count). The molecule has 1 aliphatic carbocycles. The topological polar surface area (TPSA) is 3.24 Å². The molecule has 1 saturated carbocycles. The molecule has 0 radical (unpaired) electrons. The van der Waals surface area contributed by atoms with Crippen LogP contribution >= 0.6 is 0 Å². The van der Waals surface area contributed by atoms with Gasteiger partial charge in [0.1, 0.15) is 0 Å². The SMILES string of the molecule is C=C=CCN(C(C)=CC(C)CCC=C)C(C)C1CC1C=C. The van der Waals surface area contributed by atoms with Crippen molar-refractivity contribution in [2.45, 2.75) is 46.1 Å². The van der Waals surface area contributed by atoms with Crippen molar-refractivity contribution in [1.29, 1.82) is 0 Å². The molecule has 21 heavy (non-hydrogen) atoms. The van der Waals surface area contributed by atoms with Gasteiger partial charge in [-0.05, 0) is 56.9 Å². The van der Waals surface area contributed by atoms with E-state index in [1.807, 2.05) is 12.2 Å². The Morgan fingerprint density at radius 3 is 2.62 bits per heavy atom. The Morgan fingerprint density at radius 2 is 2.10 bits per heavy atom. The first-order valence-electron chi connectivity index (χ1n) is 8.07. The van der Waals surface area contributed by atoms with E-state index in [1.54, 1.807) is 0 Å². The predicted molar refractivity (Wildman–Crippen MR) is 94.0 cm³/mol. The third-order valence-electron chi connectivity index (χ3n) is 4.54. The lowest BCUT2D eigenvalue weighted by Gasteiger charge is -2.32. The first-order chi connectivity index (χ1) is 10.0. The molecule has 1 aliphatic rings. The number of hydrogen-bond acceptors (Lipinski definition) is 1. The summed E-state index contributed by atoms with van der Waals surface area (Å²) in [4.78, 5) is 2.48. The fraction of sp³-hybridized carbons (Fsp3) is 0.550. The van der Waals surface area contributed by atoms with Crippen LogP contribution in [0.25, 0.3) is 0 Å². The van der Waals surface area contributed by atoms with Gasteiger partial charge in [0.2, 0.25) is 0 Å². The lowest BCUT2D eigenvalue weighted by molar-refractivity contribution is 0.261. The summed E-state index contributed by atoms with van der Waals surface area (Å²) in [6, 6.07) is 0.542. The normalized spacial score (nSPS) is 23.7. The summed E-state index contributed by atoms with van der Waals surface area (Å²) >= 11 is 0. The third kappa shape index (κ3) is 5.44. The molecule has 0 saturated heterocycles. The van der Waals surface area contributed by atoms with Gasteiger partial charge in [-0.25, -0.2) is 0 Å². The molecule has 0 aromatic heterocycles. The van der Waals surface area contributed by atoms with Gasteiger partial charge in [-0.3, -0.25) is 0 Å². The van der Waals surface area contributed by atoms with Gasteiger partial charge >= 0.3 is 0 Å². The quantitative estimate of drug-likeness (QED) is 0.386. The molecular formula is C20H31N. The summed E-state index contributed by atoms with van der Waals surface area (Å²) in [6.45, 7) is 19.2. The van der Waals surface area contributed by atoms with E-state index in [0.717, 1.165) is 18.9 Å². The molecule has 1 nitrogen and oxygen atoms in total. The van der Waals surface area contributed by atoms with Gasteiger partial charge in [0.15, 0.2) is 0 Å². The Balaban J connectivity index is 2.75. The summed E-state index contributed by atoms with van der Waals surface area (Å²) in [6.07, 6.45) is 12.0. The molecule has 0 aromatic carbocycles. The van der Waals surface area contributed by atoms with Gasteiger partial charge < -0.3 is 4.90 Å². The number of allylic oxidation sites excluding steroid dienone is 4. The lowest BCUT2D eigenvalue weighted by Crippen LogP contribution is -2.34. The molecule has 1 heteroatoms. The predicted octanol–water partition coefficient (Wildman–Crippen LogP) is 5.35. The van der Waals surface area contributed by atoms with Gasteiger partial charge in [0, 0.05) is 18.3 Å². The minimum Gasteiger partial charge on any atom is -0.368 e. The van der Waals surface area contributed by atoms with Gasteiger partial charge in [0.25, 0.3) is 0 Å². The van der Waals surface area contributed by atoms with E-state index in [9.17, 15) is 0 Å². The van der Waals surface area contributed by atoms with Gasteiger partial charge in [0.05, 0.1) is 0 Å². The molecular weight excluding hydrogens is 254 g/mol. The van der Waals surface area contributed by atoms with Crippen LogP contribution in [0.2, 0.25) is 0 Å². The zero-order valence-electron chi connectivity index (χ0n) is 14.0. The Morgan fingerprint density at radius 1 is 1.38 bits per heavy atom. The smallest absolute Gasteiger partial charge is 0.0433 e. The van der Waals surface area contributed by atoms with Crippen LogP contribution in [-0.2, 0) is 0 Å². The van der Waals surface area contributed by atoms with Crippen molar-refractivity contribution in [1.82, 2.24) is 4.90 Å². The molecule has 0 aliphatic heterocycles. The van der Waals surface area contributed by atoms with Crippen LogP contribution in [0, 0.1) is 17.8 Å². The highest BCUT2D eigenvalue weighted by Gasteiger charge is 2.40. The van der Waals surface area contributed by atoms with Crippen molar-refractivity contribution >= 4 is 0 Å². The van der Waals surface area contributed by atoms with Crippen LogP contribution in [0.15, 0.2) is 55.5 Å². The molecule has 4 atom stereocenters. The van der Waals surface area contributed by atoms with Crippen LogP contribution in [0.5, 0.6) is 0 Å². The van der Waals surface area contributed by atoms with Crippen LogP contribution in [0.1, 0.15) is 40.0 Å². The fourth-order valence-electron chi connectivity index (χ4n) is 3.06. The van der Waals surface area contributed by atoms with Gasteiger partial charge in [-0.2, -0.15) is 0 Å².